The van der Waals surface area contributed by atoms with Crippen LogP contribution in [-0.2, 0) is 0 Å². The fourth-order valence-corrected chi connectivity index (χ4v) is 4.39. The molecule has 1 fully saturated rings. The van der Waals surface area contributed by atoms with E-state index in [0.717, 1.165) is 37.3 Å². The second kappa shape index (κ2) is 9.06. The van der Waals surface area contributed by atoms with Gasteiger partial charge in [0.05, 0.1) is 10.9 Å². The van der Waals surface area contributed by atoms with Crippen LogP contribution in [0.3, 0.4) is 0 Å². The highest BCUT2D eigenvalue weighted by Crippen LogP contribution is 2.40. The number of fused-ring (bicyclic) bond motifs is 1. The molecule has 2 aromatic carbocycles. The molecule has 0 aromatic heterocycles. The van der Waals surface area contributed by atoms with Crippen LogP contribution in [0.4, 0.5) is 22.0 Å². The van der Waals surface area contributed by atoms with E-state index in [1.54, 1.807) is 6.07 Å². The third-order valence-electron chi connectivity index (χ3n) is 5.93. The zero-order chi connectivity index (χ0) is 20.3. The lowest BCUT2D eigenvalue weighted by Gasteiger charge is -2.29. The van der Waals surface area contributed by atoms with Gasteiger partial charge >= 0.3 is 0 Å². The lowest BCUT2D eigenvalue weighted by atomic mass is 9.76. The second-order valence-corrected chi connectivity index (χ2v) is 7.83. The SMILES string of the molecule is CCCCCC1CCC(c2cc(F)c3c(F)c(C=C(F)F)c(F)cc3c2)CC1. The van der Waals surface area contributed by atoms with Crippen molar-refractivity contribution in [2.24, 2.45) is 5.92 Å². The summed E-state index contributed by atoms with van der Waals surface area (Å²) in [6.07, 6.45) is 6.80. The molecular weight excluding hydrogens is 371 g/mol. The van der Waals surface area contributed by atoms with Crippen molar-refractivity contribution in [3.05, 3.63) is 52.9 Å². The first kappa shape index (κ1) is 20.8. The van der Waals surface area contributed by atoms with E-state index in [1.807, 2.05) is 0 Å². The highest BCUT2D eigenvalue weighted by atomic mass is 19.3. The van der Waals surface area contributed by atoms with Gasteiger partial charge in [-0.3, -0.25) is 0 Å². The van der Waals surface area contributed by atoms with Gasteiger partial charge in [0, 0.05) is 6.08 Å². The Hall–Kier alpha value is -1.91. The summed E-state index contributed by atoms with van der Waals surface area (Å²) in [6, 6.07) is 3.83. The van der Waals surface area contributed by atoms with Gasteiger partial charge in [0.25, 0.3) is 6.08 Å². The van der Waals surface area contributed by atoms with E-state index in [2.05, 4.69) is 6.92 Å². The first-order chi connectivity index (χ1) is 13.4. The van der Waals surface area contributed by atoms with Crippen molar-refractivity contribution in [3.8, 4) is 0 Å². The maximum Gasteiger partial charge on any atom is 0.271 e. The van der Waals surface area contributed by atoms with Gasteiger partial charge in [0.1, 0.15) is 17.5 Å². The Morgan fingerprint density at radius 1 is 0.964 bits per heavy atom. The molecule has 1 aliphatic rings. The number of halogens is 5. The number of hydrogen-bond acceptors (Lipinski definition) is 0. The number of benzene rings is 2. The van der Waals surface area contributed by atoms with Gasteiger partial charge in [-0.15, -0.1) is 0 Å². The second-order valence-electron chi connectivity index (χ2n) is 7.83. The molecule has 2 aromatic rings. The quantitative estimate of drug-likeness (QED) is 0.340. The summed E-state index contributed by atoms with van der Waals surface area (Å²) in [5, 5.41) is -0.364. The summed E-state index contributed by atoms with van der Waals surface area (Å²) in [5.41, 5.74) is -0.178. The Bertz CT molecular complexity index is 859. The van der Waals surface area contributed by atoms with Gasteiger partial charge in [0.15, 0.2) is 0 Å². The molecule has 1 saturated carbocycles. The monoisotopic (exact) mass is 396 g/mol. The van der Waals surface area contributed by atoms with Crippen LogP contribution in [-0.4, -0.2) is 0 Å². The summed E-state index contributed by atoms with van der Waals surface area (Å²) in [7, 11) is 0. The maximum atomic E-state index is 14.6. The van der Waals surface area contributed by atoms with Crippen LogP contribution < -0.4 is 0 Å². The molecule has 0 amide bonds. The Morgan fingerprint density at radius 3 is 2.32 bits per heavy atom. The fraction of sp³-hybridized carbons (Fsp3) is 0.478. The molecule has 0 heterocycles. The van der Waals surface area contributed by atoms with Crippen LogP contribution in [0.15, 0.2) is 24.3 Å². The first-order valence-corrected chi connectivity index (χ1v) is 10.0. The van der Waals surface area contributed by atoms with Crippen LogP contribution in [0.5, 0.6) is 0 Å². The van der Waals surface area contributed by atoms with Gasteiger partial charge in [-0.05, 0) is 60.6 Å². The zero-order valence-electron chi connectivity index (χ0n) is 16.0. The third-order valence-corrected chi connectivity index (χ3v) is 5.93. The molecular formula is C23H25F5. The minimum atomic E-state index is -2.23. The van der Waals surface area contributed by atoms with Gasteiger partial charge in [-0.1, -0.05) is 38.7 Å². The van der Waals surface area contributed by atoms with Crippen molar-refractivity contribution < 1.29 is 22.0 Å². The highest BCUT2D eigenvalue weighted by molar-refractivity contribution is 5.87. The summed E-state index contributed by atoms with van der Waals surface area (Å²) >= 11 is 0. The highest BCUT2D eigenvalue weighted by Gasteiger charge is 2.24. The van der Waals surface area contributed by atoms with Crippen LogP contribution in [0.25, 0.3) is 16.8 Å². The third kappa shape index (κ3) is 4.56. The van der Waals surface area contributed by atoms with E-state index in [1.165, 1.54) is 31.7 Å². The molecule has 0 unspecified atom stereocenters. The molecule has 0 saturated heterocycles. The van der Waals surface area contributed by atoms with Crippen LogP contribution >= 0.6 is 0 Å². The van der Waals surface area contributed by atoms with Crippen molar-refractivity contribution in [3.63, 3.8) is 0 Å². The van der Waals surface area contributed by atoms with E-state index < -0.39 is 34.5 Å². The lowest BCUT2D eigenvalue weighted by molar-refractivity contribution is 0.302. The largest absolute Gasteiger partial charge is 0.271 e. The van der Waals surface area contributed by atoms with E-state index in [0.29, 0.717) is 5.92 Å². The zero-order valence-corrected chi connectivity index (χ0v) is 16.0. The summed E-state index contributed by atoms with van der Waals surface area (Å²) < 4.78 is 68.1. The minimum Gasteiger partial charge on any atom is -0.206 e. The normalized spacial score (nSPS) is 19.8. The van der Waals surface area contributed by atoms with Gasteiger partial charge < -0.3 is 0 Å². The Labute approximate surface area is 162 Å². The average Bonchev–Trinajstić information content (AvgIpc) is 2.65. The average molecular weight is 396 g/mol. The van der Waals surface area contributed by atoms with E-state index in [-0.39, 0.29) is 17.4 Å². The predicted molar refractivity (Wildman–Crippen MR) is 103 cm³/mol. The summed E-state index contributed by atoms with van der Waals surface area (Å²) in [5.74, 6) is -2.37. The van der Waals surface area contributed by atoms with Crippen molar-refractivity contribution in [1.82, 2.24) is 0 Å². The summed E-state index contributed by atoms with van der Waals surface area (Å²) in [6.45, 7) is 2.18. The standard InChI is InChI=1S/C23H25F5/c1-2-3-4-5-14-6-8-15(9-7-14)16-10-17-12-19(24)18(13-21(26)27)23(28)22(17)20(25)11-16/h10-15H,2-9H2,1H3. The van der Waals surface area contributed by atoms with Crippen LogP contribution in [0.1, 0.15) is 75.3 Å². The molecule has 0 nitrogen and oxygen atoms in total. The van der Waals surface area contributed by atoms with E-state index in [4.69, 9.17) is 0 Å². The van der Waals surface area contributed by atoms with E-state index >= 15 is 0 Å². The predicted octanol–water partition coefficient (Wildman–Crippen LogP) is 8.35. The molecule has 0 radical (unpaired) electrons. The van der Waals surface area contributed by atoms with Crippen LogP contribution in [0.2, 0.25) is 0 Å². The van der Waals surface area contributed by atoms with E-state index in [9.17, 15) is 22.0 Å². The molecule has 0 bridgehead atoms. The maximum absolute atomic E-state index is 14.6. The van der Waals surface area contributed by atoms with Crippen molar-refractivity contribution in [2.45, 2.75) is 64.2 Å². The number of unbranched alkanes of at least 4 members (excludes halogenated alkanes) is 2. The number of hydrogen-bond donors (Lipinski definition) is 0. The lowest BCUT2D eigenvalue weighted by Crippen LogP contribution is -2.13. The molecule has 3 rings (SSSR count). The van der Waals surface area contributed by atoms with Crippen LogP contribution in [0, 0.1) is 23.4 Å². The molecule has 0 N–H and O–H groups in total. The Morgan fingerprint density at radius 2 is 1.68 bits per heavy atom. The molecule has 152 valence electrons. The van der Waals surface area contributed by atoms with Gasteiger partial charge in [-0.25, -0.2) is 13.2 Å². The molecule has 0 aliphatic heterocycles. The Balaban J connectivity index is 1.84. The summed E-state index contributed by atoms with van der Waals surface area (Å²) in [4.78, 5) is 0. The number of rotatable bonds is 6. The molecule has 0 spiro atoms. The van der Waals surface area contributed by atoms with Crippen molar-refractivity contribution >= 4 is 16.8 Å². The first-order valence-electron chi connectivity index (χ1n) is 10.0. The molecule has 1 aliphatic carbocycles. The topological polar surface area (TPSA) is 0 Å². The molecule has 28 heavy (non-hydrogen) atoms. The minimum absolute atomic E-state index is 0.0754. The smallest absolute Gasteiger partial charge is 0.206 e. The van der Waals surface area contributed by atoms with Crippen molar-refractivity contribution in [1.29, 1.82) is 0 Å². The Kier molecular flexibility index (Phi) is 6.73. The molecule has 0 atom stereocenters. The van der Waals surface area contributed by atoms with Crippen molar-refractivity contribution in [2.75, 3.05) is 0 Å². The fourth-order valence-electron chi connectivity index (χ4n) is 4.39. The molecule has 5 heteroatoms. The van der Waals surface area contributed by atoms with Gasteiger partial charge in [-0.2, -0.15) is 8.78 Å². The van der Waals surface area contributed by atoms with Gasteiger partial charge in [0.2, 0.25) is 0 Å².